The summed E-state index contributed by atoms with van der Waals surface area (Å²) in [5, 5.41) is 0. The fourth-order valence-corrected chi connectivity index (χ4v) is 3.39. The average Bonchev–Trinajstić information content (AvgIpc) is 2.46. The molecule has 0 bridgehead atoms. The van der Waals surface area contributed by atoms with Crippen molar-refractivity contribution in [2.75, 3.05) is 13.1 Å². The van der Waals surface area contributed by atoms with Crippen molar-refractivity contribution in [3.8, 4) is 0 Å². The molecule has 20 heavy (non-hydrogen) atoms. The van der Waals surface area contributed by atoms with Gasteiger partial charge in [-0.3, -0.25) is 9.59 Å². The topological polar surface area (TPSA) is 50.3 Å². The number of ketones is 2. The van der Waals surface area contributed by atoms with E-state index in [4.69, 9.17) is 0 Å². The number of halogens is 1. The van der Waals surface area contributed by atoms with Crippen molar-refractivity contribution in [1.29, 1.82) is 0 Å². The number of carbonyl (C=O) groups is 2. The molecule has 0 radical (unpaired) electrons. The lowest BCUT2D eigenvalue weighted by atomic mass is 9.95. The monoisotopic (exact) mass is 334 g/mol. The number of aryl methyl sites for hydroxylation is 1. The molecule has 1 aromatic rings. The first-order valence-electron chi connectivity index (χ1n) is 6.81. The third kappa shape index (κ3) is 2.10. The van der Waals surface area contributed by atoms with E-state index in [2.05, 4.69) is 20.9 Å². The lowest BCUT2D eigenvalue weighted by molar-refractivity contribution is 0.0936. The van der Waals surface area contributed by atoms with Crippen molar-refractivity contribution >= 4 is 27.5 Å². The molecule has 0 unspecified atom stereocenters. The van der Waals surface area contributed by atoms with E-state index in [0.29, 0.717) is 21.4 Å². The fraction of sp³-hybridized carbons (Fsp3) is 0.400. The third-order valence-corrected chi connectivity index (χ3v) is 4.52. The van der Waals surface area contributed by atoms with Gasteiger partial charge >= 0.3 is 0 Å². The van der Waals surface area contributed by atoms with Crippen LogP contribution in [0.3, 0.4) is 0 Å². The van der Waals surface area contributed by atoms with Crippen molar-refractivity contribution < 1.29 is 9.59 Å². The Kier molecular flexibility index (Phi) is 3.46. The van der Waals surface area contributed by atoms with E-state index in [-0.39, 0.29) is 11.6 Å². The quantitative estimate of drug-likeness (QED) is 0.792. The van der Waals surface area contributed by atoms with Crippen LogP contribution < -0.4 is 0 Å². The molecule has 4 nitrogen and oxygen atoms in total. The summed E-state index contributed by atoms with van der Waals surface area (Å²) in [5.74, 6) is -0.287. The highest BCUT2D eigenvalue weighted by Gasteiger charge is 2.35. The van der Waals surface area contributed by atoms with Gasteiger partial charge in [-0.05, 0) is 54.2 Å². The number of aromatic nitrogens is 1. The fourth-order valence-electron chi connectivity index (χ4n) is 2.75. The first-order chi connectivity index (χ1) is 9.59. The summed E-state index contributed by atoms with van der Waals surface area (Å²) in [5.41, 5.74) is 1.92. The number of hydrogen-bond donors (Lipinski definition) is 0. The highest BCUT2D eigenvalue weighted by molar-refractivity contribution is 9.12. The summed E-state index contributed by atoms with van der Waals surface area (Å²) in [6.45, 7) is 3.47. The highest BCUT2D eigenvalue weighted by atomic mass is 79.9. The zero-order chi connectivity index (χ0) is 14.3. The summed E-state index contributed by atoms with van der Waals surface area (Å²) in [4.78, 5) is 31.4. The van der Waals surface area contributed by atoms with Crippen LogP contribution in [0.25, 0.3) is 0 Å². The average molecular weight is 335 g/mol. The van der Waals surface area contributed by atoms with Crippen LogP contribution in [0.1, 0.15) is 45.8 Å². The van der Waals surface area contributed by atoms with Gasteiger partial charge in [-0.25, -0.2) is 4.98 Å². The van der Waals surface area contributed by atoms with Crippen LogP contribution >= 0.6 is 15.9 Å². The molecule has 0 amide bonds. The van der Waals surface area contributed by atoms with Crippen molar-refractivity contribution in [3.63, 3.8) is 0 Å². The number of Topliss-reactive ketones (excluding diaryl/α,β-unsaturated/α-hetero) is 2. The lowest BCUT2D eigenvalue weighted by Crippen LogP contribution is -2.37. The number of rotatable bonds is 1. The normalized spacial score (nSPS) is 19.4. The van der Waals surface area contributed by atoms with Crippen molar-refractivity contribution in [2.24, 2.45) is 0 Å². The largest absolute Gasteiger partial charge is 0.367 e. The Morgan fingerprint density at radius 2 is 1.80 bits per heavy atom. The molecule has 2 aliphatic rings. The van der Waals surface area contributed by atoms with Crippen molar-refractivity contribution in [1.82, 2.24) is 9.88 Å². The Morgan fingerprint density at radius 1 is 1.10 bits per heavy atom. The van der Waals surface area contributed by atoms with Crippen molar-refractivity contribution in [2.45, 2.75) is 26.2 Å². The maximum absolute atomic E-state index is 12.7. The zero-order valence-electron chi connectivity index (χ0n) is 11.3. The minimum atomic E-state index is -0.146. The van der Waals surface area contributed by atoms with Gasteiger partial charge in [0.15, 0.2) is 0 Å². The van der Waals surface area contributed by atoms with Gasteiger partial charge in [-0.15, -0.1) is 0 Å². The molecule has 1 saturated heterocycles. The molecule has 1 fully saturated rings. The summed E-state index contributed by atoms with van der Waals surface area (Å²) < 4.78 is 0.377. The van der Waals surface area contributed by atoms with Crippen LogP contribution in [0.5, 0.6) is 0 Å². The van der Waals surface area contributed by atoms with E-state index in [1.165, 1.54) is 6.42 Å². The van der Waals surface area contributed by atoms with E-state index in [1.807, 2.05) is 11.8 Å². The number of piperidine rings is 1. The summed E-state index contributed by atoms with van der Waals surface area (Å²) in [7, 11) is 0. The van der Waals surface area contributed by atoms with Crippen LogP contribution in [0.4, 0.5) is 0 Å². The van der Waals surface area contributed by atoms with Gasteiger partial charge in [0, 0.05) is 18.8 Å². The number of nitrogens with zero attached hydrogens (tertiary/aromatic N) is 2. The van der Waals surface area contributed by atoms with Gasteiger partial charge < -0.3 is 4.90 Å². The second-order valence-electron chi connectivity index (χ2n) is 5.22. The van der Waals surface area contributed by atoms with Crippen LogP contribution in [-0.2, 0) is 0 Å². The standard InChI is InChI=1S/C15H15BrN2O2/c1-9-5-6-10-12(17-9)15(20)13(11(16)14(10)19)18-7-3-2-4-8-18/h5-6H,2-4,7-8H2,1H3. The molecule has 0 aromatic carbocycles. The smallest absolute Gasteiger partial charge is 0.229 e. The SMILES string of the molecule is Cc1ccc2c(n1)C(=O)C(N1CCCCC1)=C(Br)C2=O. The maximum Gasteiger partial charge on any atom is 0.229 e. The molecule has 1 aromatic heterocycles. The molecule has 0 atom stereocenters. The van der Waals surface area contributed by atoms with Crippen LogP contribution in [-0.4, -0.2) is 34.5 Å². The maximum atomic E-state index is 12.7. The minimum absolute atomic E-state index is 0.142. The second-order valence-corrected chi connectivity index (χ2v) is 6.01. The second kappa shape index (κ2) is 5.13. The Morgan fingerprint density at radius 3 is 2.50 bits per heavy atom. The molecule has 1 aliphatic carbocycles. The predicted molar refractivity (Wildman–Crippen MR) is 79.0 cm³/mol. The first-order valence-corrected chi connectivity index (χ1v) is 7.60. The van der Waals surface area contributed by atoms with Gasteiger partial charge in [-0.2, -0.15) is 0 Å². The molecular formula is C15H15BrN2O2. The summed E-state index contributed by atoms with van der Waals surface area (Å²) in [6, 6.07) is 3.45. The molecule has 0 spiro atoms. The molecule has 104 valence electrons. The van der Waals surface area contributed by atoms with E-state index >= 15 is 0 Å². The summed E-state index contributed by atoms with van der Waals surface area (Å²) in [6.07, 6.45) is 3.29. The number of allylic oxidation sites excluding steroid dienone is 2. The van der Waals surface area contributed by atoms with Crippen LogP contribution in [0, 0.1) is 6.92 Å². The number of fused-ring (bicyclic) bond motifs is 1. The predicted octanol–water partition coefficient (Wildman–Crippen LogP) is 2.86. The Labute approximate surface area is 126 Å². The number of pyridine rings is 1. The Hall–Kier alpha value is -1.49. The van der Waals surface area contributed by atoms with E-state index in [1.54, 1.807) is 12.1 Å². The Bertz CT molecular complexity index is 631. The first kappa shape index (κ1) is 13.5. The molecule has 1 aliphatic heterocycles. The summed E-state index contributed by atoms with van der Waals surface area (Å²) >= 11 is 3.32. The molecular weight excluding hydrogens is 320 g/mol. The zero-order valence-corrected chi connectivity index (χ0v) is 12.9. The van der Waals surface area contributed by atoms with E-state index < -0.39 is 0 Å². The van der Waals surface area contributed by atoms with Gasteiger partial charge in [0.1, 0.15) is 11.4 Å². The van der Waals surface area contributed by atoms with Crippen LogP contribution in [0.15, 0.2) is 22.3 Å². The van der Waals surface area contributed by atoms with Gasteiger partial charge in [0.05, 0.1) is 10.0 Å². The van der Waals surface area contributed by atoms with E-state index in [0.717, 1.165) is 31.6 Å². The lowest BCUT2D eigenvalue weighted by Gasteiger charge is -2.32. The van der Waals surface area contributed by atoms with Crippen LogP contribution in [0.2, 0.25) is 0 Å². The molecule has 3 rings (SSSR count). The minimum Gasteiger partial charge on any atom is -0.367 e. The highest BCUT2D eigenvalue weighted by Crippen LogP contribution is 2.32. The Balaban J connectivity index is 2.09. The van der Waals surface area contributed by atoms with Crippen molar-refractivity contribution in [3.05, 3.63) is 39.3 Å². The third-order valence-electron chi connectivity index (χ3n) is 3.79. The molecule has 0 N–H and O–H groups in total. The van der Waals surface area contributed by atoms with E-state index in [9.17, 15) is 9.59 Å². The molecule has 2 heterocycles. The van der Waals surface area contributed by atoms with Gasteiger partial charge in [-0.1, -0.05) is 0 Å². The number of hydrogen-bond acceptors (Lipinski definition) is 4. The number of carbonyl (C=O) groups excluding carboxylic acids is 2. The molecule has 0 saturated carbocycles. The van der Waals surface area contributed by atoms with Gasteiger partial charge in [0.25, 0.3) is 0 Å². The molecule has 5 heteroatoms. The van der Waals surface area contributed by atoms with Gasteiger partial charge in [0.2, 0.25) is 11.6 Å². The number of likely N-dealkylation sites (tertiary alicyclic amines) is 1.